The number of benzene rings is 2. The second-order valence-corrected chi connectivity index (χ2v) is 5.07. The number of nitrogens with two attached hydrogens (primary N) is 1. The molecule has 116 valence electrons. The number of methoxy groups -OCH3 is 1. The number of urea groups is 1. The zero-order valence-corrected chi connectivity index (χ0v) is 12.8. The van der Waals surface area contributed by atoms with Gasteiger partial charge in [-0.2, -0.15) is 0 Å². The van der Waals surface area contributed by atoms with Gasteiger partial charge in [0.1, 0.15) is 5.75 Å². The van der Waals surface area contributed by atoms with Crippen LogP contribution in [0.1, 0.15) is 11.1 Å². The molecule has 0 atom stereocenters. The lowest BCUT2D eigenvalue weighted by molar-refractivity contribution is 0.252. The maximum Gasteiger partial charge on any atom is 0.319 e. The van der Waals surface area contributed by atoms with Crippen LogP contribution >= 0.6 is 0 Å². The Kier molecular flexibility index (Phi) is 5.25. The molecule has 2 aromatic rings. The van der Waals surface area contributed by atoms with E-state index < -0.39 is 0 Å². The zero-order chi connectivity index (χ0) is 15.9. The summed E-state index contributed by atoms with van der Waals surface area (Å²) in [6.45, 7) is 2.49. The molecule has 0 bridgehead atoms. The Hall–Kier alpha value is -2.69. The van der Waals surface area contributed by atoms with Crippen molar-refractivity contribution in [3.63, 3.8) is 0 Å². The maximum absolute atomic E-state index is 11.9. The summed E-state index contributed by atoms with van der Waals surface area (Å²) in [6.07, 6.45) is 0.730. The predicted octanol–water partition coefficient (Wildman–Crippen LogP) is 2.95. The smallest absolute Gasteiger partial charge is 0.319 e. The Morgan fingerprint density at radius 3 is 2.77 bits per heavy atom. The summed E-state index contributed by atoms with van der Waals surface area (Å²) >= 11 is 0. The summed E-state index contributed by atoms with van der Waals surface area (Å²) in [5.41, 5.74) is 9.20. The normalized spacial score (nSPS) is 10.1. The van der Waals surface area contributed by atoms with Crippen molar-refractivity contribution in [3.05, 3.63) is 53.6 Å². The summed E-state index contributed by atoms with van der Waals surface area (Å²) < 4.78 is 5.17. The van der Waals surface area contributed by atoms with E-state index in [1.165, 1.54) is 0 Å². The molecule has 22 heavy (non-hydrogen) atoms. The van der Waals surface area contributed by atoms with Crippen LogP contribution in [-0.4, -0.2) is 19.7 Å². The molecule has 0 heterocycles. The summed E-state index contributed by atoms with van der Waals surface area (Å²) in [6, 6.07) is 13.0. The van der Waals surface area contributed by atoms with Crippen molar-refractivity contribution in [2.45, 2.75) is 13.3 Å². The molecule has 0 aliphatic carbocycles. The molecule has 2 amide bonds. The van der Waals surface area contributed by atoms with E-state index in [4.69, 9.17) is 10.5 Å². The van der Waals surface area contributed by atoms with Gasteiger partial charge in [0, 0.05) is 6.54 Å². The number of carbonyl (C=O) groups excluding carboxylic acids is 1. The number of amides is 2. The predicted molar refractivity (Wildman–Crippen MR) is 89.3 cm³/mol. The Balaban J connectivity index is 1.82. The van der Waals surface area contributed by atoms with Crippen molar-refractivity contribution in [2.75, 3.05) is 24.7 Å². The first kappa shape index (κ1) is 15.7. The van der Waals surface area contributed by atoms with Gasteiger partial charge in [-0.1, -0.05) is 18.2 Å². The third kappa shape index (κ3) is 4.41. The highest BCUT2D eigenvalue weighted by Crippen LogP contribution is 2.19. The highest BCUT2D eigenvalue weighted by atomic mass is 16.5. The summed E-state index contributed by atoms with van der Waals surface area (Å²) in [5, 5.41) is 5.56. The number of nitrogen functional groups attached to an aromatic ring is 1. The quantitative estimate of drug-likeness (QED) is 0.743. The number of nitrogens with one attached hydrogen (secondary N) is 2. The maximum atomic E-state index is 11.9. The molecule has 0 aromatic heterocycles. The van der Waals surface area contributed by atoms with Gasteiger partial charge in [0.2, 0.25) is 0 Å². The minimum atomic E-state index is -0.265. The van der Waals surface area contributed by atoms with E-state index in [0.717, 1.165) is 23.3 Å². The number of ether oxygens (including phenoxy) is 1. The molecular weight excluding hydrogens is 278 g/mol. The monoisotopic (exact) mass is 299 g/mol. The molecule has 0 radical (unpaired) electrons. The Labute approximate surface area is 130 Å². The number of hydrogen-bond donors (Lipinski definition) is 3. The van der Waals surface area contributed by atoms with Gasteiger partial charge in [0.05, 0.1) is 18.5 Å². The van der Waals surface area contributed by atoms with E-state index >= 15 is 0 Å². The highest BCUT2D eigenvalue weighted by Gasteiger charge is 2.05. The highest BCUT2D eigenvalue weighted by molar-refractivity contribution is 5.92. The zero-order valence-electron chi connectivity index (χ0n) is 12.8. The minimum Gasteiger partial charge on any atom is -0.497 e. The average Bonchev–Trinajstić information content (AvgIpc) is 2.50. The van der Waals surface area contributed by atoms with Gasteiger partial charge in [-0.05, 0) is 48.7 Å². The average molecular weight is 299 g/mol. The lowest BCUT2D eigenvalue weighted by Crippen LogP contribution is -2.30. The molecule has 0 spiro atoms. The van der Waals surface area contributed by atoms with Gasteiger partial charge in [-0.15, -0.1) is 0 Å². The first-order valence-corrected chi connectivity index (χ1v) is 7.12. The molecule has 5 heteroatoms. The first-order valence-electron chi connectivity index (χ1n) is 7.12. The van der Waals surface area contributed by atoms with Crippen molar-refractivity contribution in [1.82, 2.24) is 5.32 Å². The fourth-order valence-electron chi connectivity index (χ4n) is 2.11. The van der Waals surface area contributed by atoms with Crippen molar-refractivity contribution in [3.8, 4) is 5.75 Å². The molecule has 5 nitrogen and oxygen atoms in total. The van der Waals surface area contributed by atoms with Gasteiger partial charge in [0.25, 0.3) is 0 Å². The van der Waals surface area contributed by atoms with E-state index in [0.29, 0.717) is 17.9 Å². The number of hydrogen-bond acceptors (Lipinski definition) is 3. The lowest BCUT2D eigenvalue weighted by atomic mass is 10.1. The molecule has 4 N–H and O–H groups in total. The van der Waals surface area contributed by atoms with Crippen molar-refractivity contribution >= 4 is 17.4 Å². The van der Waals surface area contributed by atoms with E-state index in [1.54, 1.807) is 13.2 Å². The van der Waals surface area contributed by atoms with E-state index in [9.17, 15) is 4.79 Å². The number of anilines is 2. The van der Waals surface area contributed by atoms with Crippen LogP contribution in [0.4, 0.5) is 16.2 Å². The van der Waals surface area contributed by atoms with Crippen LogP contribution in [0.15, 0.2) is 42.5 Å². The van der Waals surface area contributed by atoms with E-state index in [2.05, 4.69) is 10.6 Å². The molecule has 0 saturated carbocycles. The Morgan fingerprint density at radius 1 is 1.23 bits per heavy atom. The largest absolute Gasteiger partial charge is 0.497 e. The van der Waals surface area contributed by atoms with Gasteiger partial charge < -0.3 is 21.1 Å². The molecule has 0 fully saturated rings. The first-order chi connectivity index (χ1) is 10.6. The van der Waals surface area contributed by atoms with Crippen molar-refractivity contribution in [2.24, 2.45) is 0 Å². The molecule has 2 rings (SSSR count). The summed E-state index contributed by atoms with van der Waals surface area (Å²) in [5.74, 6) is 0.814. The molecule has 0 unspecified atom stereocenters. The van der Waals surface area contributed by atoms with E-state index in [1.807, 2.05) is 43.3 Å². The van der Waals surface area contributed by atoms with Crippen molar-refractivity contribution < 1.29 is 9.53 Å². The third-order valence-corrected chi connectivity index (χ3v) is 3.29. The molecule has 2 aromatic carbocycles. The van der Waals surface area contributed by atoms with Crippen LogP contribution in [0.25, 0.3) is 0 Å². The second kappa shape index (κ2) is 7.36. The fraction of sp³-hybridized carbons (Fsp3) is 0.235. The summed E-state index contributed by atoms with van der Waals surface area (Å²) in [4.78, 5) is 11.9. The number of rotatable bonds is 5. The Bertz CT molecular complexity index is 656. The van der Waals surface area contributed by atoms with Gasteiger partial charge in [0.15, 0.2) is 0 Å². The molecular formula is C17H21N3O2. The lowest BCUT2D eigenvalue weighted by Gasteiger charge is -2.10. The van der Waals surface area contributed by atoms with Gasteiger partial charge in [-0.25, -0.2) is 4.79 Å². The number of carbonyl (C=O) groups is 1. The van der Waals surface area contributed by atoms with E-state index in [-0.39, 0.29) is 6.03 Å². The van der Waals surface area contributed by atoms with Crippen LogP contribution in [0.5, 0.6) is 5.75 Å². The Morgan fingerprint density at radius 2 is 2.05 bits per heavy atom. The van der Waals surface area contributed by atoms with Crippen LogP contribution < -0.4 is 21.1 Å². The topological polar surface area (TPSA) is 76.4 Å². The fourth-order valence-corrected chi connectivity index (χ4v) is 2.11. The molecule has 0 aliphatic rings. The third-order valence-electron chi connectivity index (χ3n) is 3.29. The van der Waals surface area contributed by atoms with Gasteiger partial charge in [-0.3, -0.25) is 0 Å². The molecule has 0 saturated heterocycles. The molecule has 0 aliphatic heterocycles. The van der Waals surface area contributed by atoms with Crippen LogP contribution in [0.3, 0.4) is 0 Å². The standard InChI is InChI=1S/C17H21N3O2/c1-12-6-7-16(15(18)10-12)20-17(21)19-9-8-13-4-3-5-14(11-13)22-2/h3-7,10-11H,8-9,18H2,1-2H3,(H2,19,20,21). The van der Waals surface area contributed by atoms with Crippen LogP contribution in [0, 0.1) is 6.92 Å². The SMILES string of the molecule is COc1cccc(CCNC(=O)Nc2ccc(C)cc2N)c1. The summed E-state index contributed by atoms with van der Waals surface area (Å²) in [7, 11) is 1.64. The van der Waals surface area contributed by atoms with Crippen molar-refractivity contribution in [1.29, 1.82) is 0 Å². The minimum absolute atomic E-state index is 0.265. The van der Waals surface area contributed by atoms with Crippen LogP contribution in [0.2, 0.25) is 0 Å². The second-order valence-electron chi connectivity index (χ2n) is 5.07. The van der Waals surface area contributed by atoms with Gasteiger partial charge >= 0.3 is 6.03 Å². The van der Waals surface area contributed by atoms with Crippen LogP contribution in [-0.2, 0) is 6.42 Å². The number of aryl methyl sites for hydroxylation is 1.